The molecule has 110 valence electrons. The van der Waals surface area contributed by atoms with Crippen LogP contribution in [0.25, 0.3) is 0 Å². The minimum atomic E-state index is -0.826. The summed E-state index contributed by atoms with van der Waals surface area (Å²) in [5, 5.41) is 9.87. The third-order valence-corrected chi connectivity index (χ3v) is 3.41. The molecule has 2 amide bonds. The monoisotopic (exact) mass is 285 g/mol. The number of aromatic nitrogens is 1. The number of hydrogen-bond donors (Lipinski definition) is 2. The van der Waals surface area contributed by atoms with Gasteiger partial charge >= 0.3 is 6.03 Å². The zero-order chi connectivity index (χ0) is 15.1. The van der Waals surface area contributed by atoms with Crippen molar-refractivity contribution in [1.29, 1.82) is 0 Å². The summed E-state index contributed by atoms with van der Waals surface area (Å²) >= 11 is 0. The average Bonchev–Trinajstić information content (AvgIpc) is 2.53. The van der Waals surface area contributed by atoms with E-state index in [1.807, 2.05) is 36.5 Å². The minimum absolute atomic E-state index is 0.182. The van der Waals surface area contributed by atoms with Crippen LogP contribution >= 0.6 is 0 Å². The number of hydrogen-bond acceptors (Lipinski definition) is 3. The Bertz CT molecular complexity index is 521. The molecule has 0 aliphatic heterocycles. The van der Waals surface area contributed by atoms with E-state index >= 15 is 0 Å². The van der Waals surface area contributed by atoms with Crippen molar-refractivity contribution in [1.82, 2.24) is 10.0 Å². The number of hydroxylamine groups is 2. The summed E-state index contributed by atoms with van der Waals surface area (Å²) in [6, 6.07) is 13.2. The predicted octanol–water partition coefficient (Wildman–Crippen LogP) is 2.76. The lowest BCUT2D eigenvalue weighted by Gasteiger charge is -2.19. The van der Waals surface area contributed by atoms with Crippen molar-refractivity contribution in [2.24, 2.45) is 5.73 Å². The summed E-state index contributed by atoms with van der Waals surface area (Å²) in [7, 11) is 0. The molecule has 1 unspecified atom stereocenters. The molecular formula is C16H19N3O2. The van der Waals surface area contributed by atoms with E-state index in [-0.39, 0.29) is 12.5 Å². The lowest BCUT2D eigenvalue weighted by molar-refractivity contribution is -0.0403. The minimum Gasteiger partial charge on any atom is -0.350 e. The number of urea groups is 1. The molecule has 0 radical (unpaired) electrons. The molecule has 3 N–H and O–H groups in total. The van der Waals surface area contributed by atoms with Crippen molar-refractivity contribution < 1.29 is 10.0 Å². The first-order valence-electron chi connectivity index (χ1n) is 6.89. The standard InChI is InChI=1S/C16H19N3O2/c17-16(20)19(21)11-5-9-15(13-6-2-1-3-7-13)14-8-4-10-18-12-14/h1-4,6-8,10,12,15,21H,5,9,11H2,(H2,17,20). The highest BCUT2D eigenvalue weighted by molar-refractivity contribution is 5.70. The summed E-state index contributed by atoms with van der Waals surface area (Å²) in [5.74, 6) is 0.182. The highest BCUT2D eigenvalue weighted by Crippen LogP contribution is 2.28. The highest BCUT2D eigenvalue weighted by Gasteiger charge is 2.15. The van der Waals surface area contributed by atoms with Crippen LogP contribution in [0.1, 0.15) is 29.9 Å². The Morgan fingerprint density at radius 1 is 1.19 bits per heavy atom. The van der Waals surface area contributed by atoms with Crippen molar-refractivity contribution >= 4 is 6.03 Å². The fourth-order valence-corrected chi connectivity index (χ4v) is 2.35. The van der Waals surface area contributed by atoms with Crippen LogP contribution in [-0.4, -0.2) is 27.8 Å². The van der Waals surface area contributed by atoms with E-state index < -0.39 is 6.03 Å². The quantitative estimate of drug-likeness (QED) is 0.632. The van der Waals surface area contributed by atoms with Gasteiger partial charge < -0.3 is 5.73 Å². The first-order valence-corrected chi connectivity index (χ1v) is 6.89. The largest absolute Gasteiger partial charge is 0.350 e. The third-order valence-electron chi connectivity index (χ3n) is 3.41. The molecule has 5 heteroatoms. The van der Waals surface area contributed by atoms with Gasteiger partial charge in [-0.05, 0) is 30.0 Å². The number of pyridine rings is 1. The maximum atomic E-state index is 10.8. The highest BCUT2D eigenvalue weighted by atomic mass is 16.5. The second-order valence-corrected chi connectivity index (χ2v) is 4.85. The zero-order valence-corrected chi connectivity index (χ0v) is 11.7. The molecule has 1 aromatic heterocycles. The summed E-state index contributed by atoms with van der Waals surface area (Å²) in [6.45, 7) is 0.221. The molecule has 0 aliphatic rings. The molecule has 2 rings (SSSR count). The second kappa shape index (κ2) is 7.40. The van der Waals surface area contributed by atoms with Crippen molar-refractivity contribution in [3.8, 4) is 0 Å². The molecule has 0 saturated heterocycles. The maximum absolute atomic E-state index is 10.8. The molecule has 0 fully saturated rings. The number of rotatable bonds is 6. The van der Waals surface area contributed by atoms with Crippen LogP contribution in [0.4, 0.5) is 4.79 Å². The number of benzene rings is 1. The van der Waals surface area contributed by atoms with Gasteiger partial charge in [-0.3, -0.25) is 10.2 Å². The fraction of sp³-hybridized carbons (Fsp3) is 0.250. The lowest BCUT2D eigenvalue weighted by Crippen LogP contribution is -2.33. The van der Waals surface area contributed by atoms with Gasteiger partial charge in [0.15, 0.2) is 0 Å². The van der Waals surface area contributed by atoms with E-state index in [4.69, 9.17) is 5.73 Å². The Kier molecular flexibility index (Phi) is 5.29. The Morgan fingerprint density at radius 2 is 1.90 bits per heavy atom. The van der Waals surface area contributed by atoms with Gasteiger partial charge in [-0.25, -0.2) is 9.86 Å². The Hall–Kier alpha value is -2.40. The molecule has 1 atom stereocenters. The van der Waals surface area contributed by atoms with Gasteiger partial charge in [-0.15, -0.1) is 0 Å². The first kappa shape index (κ1) is 15.0. The smallest absolute Gasteiger partial charge is 0.338 e. The van der Waals surface area contributed by atoms with Crippen molar-refractivity contribution in [2.75, 3.05) is 6.54 Å². The Morgan fingerprint density at radius 3 is 2.52 bits per heavy atom. The van der Waals surface area contributed by atoms with Gasteiger partial charge in [0, 0.05) is 18.3 Å². The van der Waals surface area contributed by atoms with E-state index in [2.05, 4.69) is 17.1 Å². The summed E-state index contributed by atoms with van der Waals surface area (Å²) in [5.41, 5.74) is 7.31. The van der Waals surface area contributed by atoms with Gasteiger partial charge in [0.1, 0.15) is 0 Å². The number of carbonyl (C=O) groups excluding carboxylic acids is 1. The van der Waals surface area contributed by atoms with Gasteiger partial charge in [-0.1, -0.05) is 36.4 Å². The Balaban J connectivity index is 2.09. The number of amides is 2. The molecule has 1 heterocycles. The van der Waals surface area contributed by atoms with Crippen molar-refractivity contribution in [2.45, 2.75) is 18.8 Å². The normalized spacial score (nSPS) is 11.9. The molecule has 0 saturated carbocycles. The molecule has 21 heavy (non-hydrogen) atoms. The molecular weight excluding hydrogens is 266 g/mol. The van der Waals surface area contributed by atoms with E-state index in [9.17, 15) is 10.0 Å². The number of nitrogens with two attached hydrogens (primary N) is 1. The molecule has 0 spiro atoms. The van der Waals surface area contributed by atoms with Gasteiger partial charge in [-0.2, -0.15) is 0 Å². The molecule has 5 nitrogen and oxygen atoms in total. The van der Waals surface area contributed by atoms with Crippen LogP contribution in [0, 0.1) is 0 Å². The average molecular weight is 285 g/mol. The number of nitrogens with zero attached hydrogens (tertiary/aromatic N) is 2. The van der Waals surface area contributed by atoms with E-state index in [1.54, 1.807) is 6.20 Å². The van der Waals surface area contributed by atoms with Crippen LogP contribution in [0.5, 0.6) is 0 Å². The topological polar surface area (TPSA) is 79.5 Å². The summed E-state index contributed by atoms with van der Waals surface area (Å²) < 4.78 is 0. The van der Waals surface area contributed by atoms with E-state index in [1.165, 1.54) is 5.56 Å². The SMILES string of the molecule is NC(=O)N(O)CCCC(c1ccccc1)c1cccnc1. The zero-order valence-electron chi connectivity index (χ0n) is 11.7. The van der Waals surface area contributed by atoms with Crippen LogP contribution in [-0.2, 0) is 0 Å². The maximum Gasteiger partial charge on any atom is 0.338 e. The fourth-order valence-electron chi connectivity index (χ4n) is 2.35. The Labute approximate surface area is 124 Å². The van der Waals surface area contributed by atoms with Crippen LogP contribution in [0.3, 0.4) is 0 Å². The van der Waals surface area contributed by atoms with Crippen molar-refractivity contribution in [3.05, 3.63) is 66.0 Å². The molecule has 0 bridgehead atoms. The predicted molar refractivity (Wildman–Crippen MR) is 79.8 cm³/mol. The second-order valence-electron chi connectivity index (χ2n) is 4.85. The number of primary amides is 1. The van der Waals surface area contributed by atoms with E-state index in [0.29, 0.717) is 11.5 Å². The van der Waals surface area contributed by atoms with E-state index in [0.717, 1.165) is 12.0 Å². The first-order chi connectivity index (χ1) is 10.2. The molecule has 2 aromatic rings. The number of carbonyl (C=O) groups is 1. The molecule has 0 aliphatic carbocycles. The lowest BCUT2D eigenvalue weighted by atomic mass is 9.88. The van der Waals surface area contributed by atoms with Crippen molar-refractivity contribution in [3.63, 3.8) is 0 Å². The van der Waals surface area contributed by atoms with Gasteiger partial charge in [0.25, 0.3) is 0 Å². The third kappa shape index (κ3) is 4.29. The summed E-state index contributed by atoms with van der Waals surface area (Å²) in [6.07, 6.45) is 5.03. The van der Waals surface area contributed by atoms with Crippen LogP contribution in [0.15, 0.2) is 54.9 Å². The summed E-state index contributed by atoms with van der Waals surface area (Å²) in [4.78, 5) is 15.0. The van der Waals surface area contributed by atoms with Gasteiger partial charge in [0.2, 0.25) is 0 Å². The van der Waals surface area contributed by atoms with Crippen LogP contribution in [0.2, 0.25) is 0 Å². The van der Waals surface area contributed by atoms with Crippen LogP contribution < -0.4 is 5.73 Å². The van der Waals surface area contributed by atoms with Gasteiger partial charge in [0.05, 0.1) is 6.54 Å². The molecule has 1 aromatic carbocycles.